The highest BCUT2D eigenvalue weighted by molar-refractivity contribution is 4.68. The monoisotopic (exact) mass is 217 g/mol. The van der Waals surface area contributed by atoms with Gasteiger partial charge in [-0.3, -0.25) is 0 Å². The molecule has 0 aromatic carbocycles. The van der Waals surface area contributed by atoms with Crippen LogP contribution in [0, 0.1) is 5.92 Å². The number of rotatable bonds is 9. The Morgan fingerprint density at radius 3 is 2.40 bits per heavy atom. The molecular weight excluding hydrogens is 190 g/mol. The lowest BCUT2D eigenvalue weighted by Gasteiger charge is -2.19. The zero-order valence-corrected chi connectivity index (χ0v) is 10.4. The average Bonchev–Trinajstić information content (AvgIpc) is 2.11. The molecule has 0 bridgehead atoms. The van der Waals surface area contributed by atoms with Crippen molar-refractivity contribution in [1.29, 1.82) is 0 Å². The van der Waals surface area contributed by atoms with Crippen molar-refractivity contribution in [2.24, 2.45) is 5.92 Å². The summed E-state index contributed by atoms with van der Waals surface area (Å²) in [7, 11) is 0. The van der Waals surface area contributed by atoms with Gasteiger partial charge in [-0.1, -0.05) is 13.3 Å². The predicted molar refractivity (Wildman–Crippen MR) is 63.9 cm³/mol. The number of hydrogen-bond acceptors (Lipinski definition) is 3. The molecule has 0 saturated heterocycles. The Morgan fingerprint density at radius 1 is 1.27 bits per heavy atom. The first kappa shape index (κ1) is 14.9. The van der Waals surface area contributed by atoms with E-state index in [1.165, 1.54) is 0 Å². The second-order valence-electron chi connectivity index (χ2n) is 4.93. The summed E-state index contributed by atoms with van der Waals surface area (Å²) in [6.45, 7) is 7.89. The highest BCUT2D eigenvalue weighted by Crippen LogP contribution is 2.10. The van der Waals surface area contributed by atoms with Crippen molar-refractivity contribution in [1.82, 2.24) is 5.32 Å². The number of hydrogen-bond donors (Lipinski definition) is 3. The molecule has 0 aromatic rings. The van der Waals surface area contributed by atoms with Crippen LogP contribution in [0.1, 0.15) is 46.5 Å². The third-order valence-electron chi connectivity index (χ3n) is 2.58. The molecule has 0 radical (unpaired) electrons. The summed E-state index contributed by atoms with van der Waals surface area (Å²) in [5, 5.41) is 21.7. The van der Waals surface area contributed by atoms with Crippen molar-refractivity contribution >= 4 is 0 Å². The molecule has 0 heterocycles. The topological polar surface area (TPSA) is 52.5 Å². The molecule has 3 nitrogen and oxygen atoms in total. The van der Waals surface area contributed by atoms with Crippen molar-refractivity contribution in [2.45, 2.75) is 52.1 Å². The van der Waals surface area contributed by atoms with Gasteiger partial charge in [0.2, 0.25) is 0 Å². The summed E-state index contributed by atoms with van der Waals surface area (Å²) in [6.07, 6.45) is 3.97. The minimum absolute atomic E-state index is 0.276. The summed E-state index contributed by atoms with van der Waals surface area (Å²) in [5.74, 6) is 0.571. The Bertz CT molecular complexity index is 137. The SMILES string of the molecule is CCCC(CCO)CNCCC(C)(C)O. The van der Waals surface area contributed by atoms with Gasteiger partial charge in [0, 0.05) is 6.61 Å². The standard InChI is InChI=1S/C12H27NO2/c1-4-5-11(6-9-14)10-13-8-7-12(2,3)15/h11,13-15H,4-10H2,1-3H3. The Hall–Kier alpha value is -0.120. The Kier molecular flexibility index (Phi) is 8.02. The highest BCUT2D eigenvalue weighted by Gasteiger charge is 2.12. The molecule has 3 heteroatoms. The maximum absolute atomic E-state index is 9.51. The van der Waals surface area contributed by atoms with Gasteiger partial charge in [-0.2, -0.15) is 0 Å². The molecular formula is C12H27NO2. The zero-order valence-electron chi connectivity index (χ0n) is 10.4. The van der Waals surface area contributed by atoms with Gasteiger partial charge < -0.3 is 15.5 Å². The van der Waals surface area contributed by atoms with Crippen LogP contribution in [0.5, 0.6) is 0 Å². The molecule has 1 unspecified atom stereocenters. The van der Waals surface area contributed by atoms with Crippen LogP contribution in [0.3, 0.4) is 0 Å². The molecule has 0 aliphatic heterocycles. The van der Waals surface area contributed by atoms with Crippen molar-refractivity contribution in [3.63, 3.8) is 0 Å². The van der Waals surface area contributed by atoms with Gasteiger partial charge in [0.15, 0.2) is 0 Å². The van der Waals surface area contributed by atoms with Crippen molar-refractivity contribution in [3.8, 4) is 0 Å². The number of aliphatic hydroxyl groups is 2. The van der Waals surface area contributed by atoms with Gasteiger partial charge in [-0.05, 0) is 52.1 Å². The van der Waals surface area contributed by atoms with Crippen LogP contribution in [0.25, 0.3) is 0 Å². The first-order valence-corrected chi connectivity index (χ1v) is 6.03. The molecule has 3 N–H and O–H groups in total. The van der Waals surface area contributed by atoms with Gasteiger partial charge >= 0.3 is 0 Å². The van der Waals surface area contributed by atoms with Crippen molar-refractivity contribution in [3.05, 3.63) is 0 Å². The van der Waals surface area contributed by atoms with Gasteiger partial charge in [0.05, 0.1) is 5.60 Å². The van der Waals surface area contributed by atoms with E-state index in [4.69, 9.17) is 5.11 Å². The molecule has 0 aliphatic carbocycles. The van der Waals surface area contributed by atoms with Crippen molar-refractivity contribution < 1.29 is 10.2 Å². The minimum Gasteiger partial charge on any atom is -0.396 e. The number of nitrogens with one attached hydrogen (secondary N) is 1. The molecule has 15 heavy (non-hydrogen) atoms. The summed E-state index contributed by atoms with van der Waals surface area (Å²) in [4.78, 5) is 0. The smallest absolute Gasteiger partial charge is 0.0603 e. The van der Waals surface area contributed by atoms with E-state index in [-0.39, 0.29) is 6.61 Å². The van der Waals surface area contributed by atoms with Crippen LogP contribution in [0.15, 0.2) is 0 Å². The quantitative estimate of drug-likeness (QED) is 0.513. The van der Waals surface area contributed by atoms with E-state index in [2.05, 4.69) is 12.2 Å². The predicted octanol–water partition coefficient (Wildman–Crippen LogP) is 1.54. The lowest BCUT2D eigenvalue weighted by atomic mass is 10.00. The fourth-order valence-corrected chi connectivity index (χ4v) is 1.64. The molecule has 0 rings (SSSR count). The van der Waals surface area contributed by atoms with Crippen LogP contribution in [0.4, 0.5) is 0 Å². The third-order valence-corrected chi connectivity index (χ3v) is 2.58. The Balaban J connectivity index is 3.52. The van der Waals surface area contributed by atoms with Crippen molar-refractivity contribution in [2.75, 3.05) is 19.7 Å². The lowest BCUT2D eigenvalue weighted by molar-refractivity contribution is 0.0707. The molecule has 1 atom stereocenters. The van der Waals surface area contributed by atoms with Gasteiger partial charge in [0.25, 0.3) is 0 Å². The molecule has 92 valence electrons. The second kappa shape index (κ2) is 8.08. The minimum atomic E-state index is -0.579. The van der Waals surface area contributed by atoms with E-state index in [0.29, 0.717) is 5.92 Å². The van der Waals surface area contributed by atoms with E-state index in [1.54, 1.807) is 0 Å². The number of aliphatic hydroxyl groups excluding tert-OH is 1. The highest BCUT2D eigenvalue weighted by atomic mass is 16.3. The van der Waals surface area contributed by atoms with Crippen LogP contribution < -0.4 is 5.32 Å². The summed E-state index contributed by atoms with van der Waals surface area (Å²) < 4.78 is 0. The Morgan fingerprint density at radius 2 is 1.93 bits per heavy atom. The summed E-state index contributed by atoms with van der Waals surface area (Å²) >= 11 is 0. The van der Waals surface area contributed by atoms with Gasteiger partial charge in [-0.25, -0.2) is 0 Å². The summed E-state index contributed by atoms with van der Waals surface area (Å²) in [5.41, 5.74) is -0.579. The fraction of sp³-hybridized carbons (Fsp3) is 1.00. The largest absolute Gasteiger partial charge is 0.396 e. The normalized spacial score (nSPS) is 14.2. The molecule has 0 aromatic heterocycles. The van der Waals surface area contributed by atoms with Crippen LogP contribution in [-0.4, -0.2) is 35.5 Å². The maximum atomic E-state index is 9.51. The van der Waals surface area contributed by atoms with E-state index in [0.717, 1.165) is 38.8 Å². The third kappa shape index (κ3) is 10.2. The van der Waals surface area contributed by atoms with E-state index in [1.807, 2.05) is 13.8 Å². The second-order valence-corrected chi connectivity index (χ2v) is 4.93. The molecule has 0 fully saturated rings. The fourth-order valence-electron chi connectivity index (χ4n) is 1.64. The van der Waals surface area contributed by atoms with E-state index >= 15 is 0 Å². The van der Waals surface area contributed by atoms with Gasteiger partial charge in [-0.15, -0.1) is 0 Å². The van der Waals surface area contributed by atoms with E-state index < -0.39 is 5.60 Å². The first-order chi connectivity index (χ1) is 6.99. The van der Waals surface area contributed by atoms with Crippen LogP contribution >= 0.6 is 0 Å². The van der Waals surface area contributed by atoms with Gasteiger partial charge in [0.1, 0.15) is 0 Å². The zero-order chi connectivity index (χ0) is 11.7. The molecule has 0 amide bonds. The lowest BCUT2D eigenvalue weighted by Crippen LogP contribution is -2.30. The average molecular weight is 217 g/mol. The molecule has 0 aliphatic rings. The first-order valence-electron chi connectivity index (χ1n) is 6.03. The maximum Gasteiger partial charge on any atom is 0.0603 e. The van der Waals surface area contributed by atoms with Crippen LogP contribution in [0.2, 0.25) is 0 Å². The van der Waals surface area contributed by atoms with Crippen LogP contribution in [-0.2, 0) is 0 Å². The molecule has 0 spiro atoms. The summed E-state index contributed by atoms with van der Waals surface area (Å²) in [6, 6.07) is 0. The van der Waals surface area contributed by atoms with E-state index in [9.17, 15) is 5.11 Å². The molecule has 0 saturated carbocycles. The Labute approximate surface area is 93.9 Å².